The third kappa shape index (κ3) is 4.74. The van der Waals surface area contributed by atoms with E-state index in [0.717, 1.165) is 0 Å². The summed E-state index contributed by atoms with van der Waals surface area (Å²) in [6.45, 7) is -3.39. The first-order valence-corrected chi connectivity index (χ1v) is 7.41. The van der Waals surface area contributed by atoms with Gasteiger partial charge in [0, 0.05) is 4.91 Å². The van der Waals surface area contributed by atoms with Gasteiger partial charge in [-0.3, -0.25) is 60.7 Å². The number of nitrogens with zero attached hydrogens (tertiary/aromatic N) is 12. The minimum atomic E-state index is -4.03. The number of anilines is 2. The van der Waals surface area contributed by atoms with Crippen LogP contribution in [0, 0.1) is 60.7 Å². The minimum absolute atomic E-state index is 0.944. The van der Waals surface area contributed by atoms with Gasteiger partial charge in [0.15, 0.2) is 29.5 Å². The van der Waals surface area contributed by atoms with Crippen LogP contribution >= 0.6 is 0 Å². The van der Waals surface area contributed by atoms with E-state index >= 15 is 0 Å². The molecular weight excluding hydrogens is 472 g/mol. The summed E-state index contributed by atoms with van der Waals surface area (Å²) in [7, 11) is 0. The van der Waals surface area contributed by atoms with E-state index in [4.69, 9.17) is 5.53 Å². The molecule has 1 rings (SSSR count). The summed E-state index contributed by atoms with van der Waals surface area (Å²) < 4.78 is 0. The second-order valence-electron chi connectivity index (χ2n) is 5.27. The fourth-order valence-electron chi connectivity index (χ4n) is 1.79. The van der Waals surface area contributed by atoms with E-state index in [0.29, 0.717) is 0 Å². The fourth-order valence-corrected chi connectivity index (χ4v) is 1.79. The van der Waals surface area contributed by atoms with E-state index in [1.54, 1.807) is 10.6 Å². The summed E-state index contributed by atoms with van der Waals surface area (Å²) in [5.41, 5.74) is 8.44. The van der Waals surface area contributed by atoms with E-state index in [2.05, 4.69) is 25.0 Å². The number of nitro groups is 6. The van der Waals surface area contributed by atoms with Crippen molar-refractivity contribution in [2.75, 3.05) is 23.7 Å². The fraction of sp³-hybridized carbons (Fsp3) is 0.571. The molecule has 33 heavy (non-hydrogen) atoms. The van der Waals surface area contributed by atoms with Gasteiger partial charge < -0.3 is 10.6 Å². The van der Waals surface area contributed by atoms with Gasteiger partial charge in [-0.25, -0.2) is 0 Å². The lowest BCUT2D eigenvalue weighted by atomic mass is 10.4. The van der Waals surface area contributed by atoms with Crippen molar-refractivity contribution in [2.24, 2.45) is 5.11 Å². The molecule has 0 amide bonds. The molecule has 26 heteroatoms. The van der Waals surface area contributed by atoms with Crippen LogP contribution in [-0.2, 0) is 0 Å². The number of azide groups is 1. The number of aromatic nitrogens is 3. The van der Waals surface area contributed by atoms with Crippen LogP contribution in [-0.4, -0.2) is 69.2 Å². The van der Waals surface area contributed by atoms with Crippen molar-refractivity contribution >= 4 is 17.8 Å². The van der Waals surface area contributed by atoms with Crippen molar-refractivity contribution in [1.82, 2.24) is 15.0 Å². The van der Waals surface area contributed by atoms with Crippen molar-refractivity contribution in [3.05, 3.63) is 71.1 Å². The Hall–Kier alpha value is -5.68. The Morgan fingerprint density at radius 3 is 1.24 bits per heavy atom. The summed E-state index contributed by atoms with van der Waals surface area (Å²) in [5, 5.41) is 71.9. The predicted molar refractivity (Wildman–Crippen MR) is 93.0 cm³/mol. The molecule has 0 saturated carbocycles. The topological polar surface area (TPSA) is 370 Å². The first kappa shape index (κ1) is 25.4. The van der Waals surface area contributed by atoms with Crippen LogP contribution in [0.5, 0.6) is 0 Å². The highest BCUT2D eigenvalue weighted by Gasteiger charge is 2.71. The maximum absolute atomic E-state index is 10.9. The Morgan fingerprint density at radius 2 is 1.00 bits per heavy atom. The molecule has 2 N–H and O–H groups in total. The van der Waals surface area contributed by atoms with Gasteiger partial charge in [-0.15, -0.1) is 0 Å². The quantitative estimate of drug-likeness (QED) is 0.0821. The molecule has 0 bridgehead atoms. The van der Waals surface area contributed by atoms with Crippen LogP contribution in [0.1, 0.15) is 0 Å². The lowest BCUT2D eigenvalue weighted by molar-refractivity contribution is -0.965. The normalized spacial score (nSPS) is 10.9. The Morgan fingerprint density at radius 1 is 0.697 bits per heavy atom. The summed E-state index contributed by atoms with van der Waals surface area (Å²) in [5.74, 6) is -11.0. The largest absolute Gasteiger partial charge is 0.717 e. The molecule has 0 aromatic carbocycles. The molecule has 0 atom stereocenters. The summed E-state index contributed by atoms with van der Waals surface area (Å²) >= 11 is 0. The van der Waals surface area contributed by atoms with Crippen molar-refractivity contribution in [3.8, 4) is 0 Å². The van der Waals surface area contributed by atoms with E-state index in [1.165, 1.54) is 0 Å². The molecule has 0 spiro atoms. The maximum Gasteiger partial charge on any atom is 0.717 e. The molecule has 1 heterocycles. The van der Waals surface area contributed by atoms with Crippen molar-refractivity contribution in [2.45, 2.75) is 11.6 Å². The average molecular weight is 478 g/mol. The highest BCUT2D eigenvalue weighted by molar-refractivity contribution is 5.39. The molecule has 26 nitrogen and oxygen atoms in total. The van der Waals surface area contributed by atoms with Crippen LogP contribution in [0.4, 0.5) is 17.8 Å². The van der Waals surface area contributed by atoms with E-state index < -0.39 is 72.0 Å². The zero-order valence-corrected chi connectivity index (χ0v) is 15.2. The van der Waals surface area contributed by atoms with Gasteiger partial charge >= 0.3 is 11.6 Å². The number of nitrogens with one attached hydrogen (secondary N) is 2. The lowest BCUT2D eigenvalue weighted by Gasteiger charge is -2.12. The Balaban J connectivity index is 3.38. The SMILES string of the molecule is [N-]=[N+]=Nc1nc(NCC([N+](=O)[O-])([N+](=O)[O-])[N+](=O)[O-])nc(NCC([N+](=O)[O-])([N+](=O)[O-])[N+](=O)[O-])n1. The summed E-state index contributed by atoms with van der Waals surface area (Å²) in [6.07, 6.45) is 0. The molecule has 0 aliphatic rings. The summed E-state index contributed by atoms with van der Waals surface area (Å²) in [6, 6.07) is 0. The molecule has 0 aliphatic carbocycles. The van der Waals surface area contributed by atoms with Crippen LogP contribution < -0.4 is 10.6 Å². The third-order valence-electron chi connectivity index (χ3n) is 3.48. The van der Waals surface area contributed by atoms with Crippen LogP contribution in [0.3, 0.4) is 0 Å². The van der Waals surface area contributed by atoms with Crippen LogP contribution in [0.25, 0.3) is 10.4 Å². The molecular formula is C7H6N14O12. The molecule has 1 aromatic rings. The standard InChI is InChI=1S/C7H6N14O12/c8-15-14-5-12-3(9-1-6(16(22)23,17(24)25)18(26)27)11-4(13-5)10-2-7(19(28)29,20(30)31)21(32)33/h1-2H2,(H2,9,10,11,12,13). The maximum atomic E-state index is 10.9. The zero-order valence-electron chi connectivity index (χ0n) is 15.2. The monoisotopic (exact) mass is 478 g/mol. The molecule has 0 saturated heterocycles. The molecule has 0 unspecified atom stereocenters. The first-order chi connectivity index (χ1) is 15.2. The van der Waals surface area contributed by atoms with Crippen LogP contribution in [0.2, 0.25) is 0 Å². The van der Waals surface area contributed by atoms with Gasteiger partial charge in [0.05, 0.1) is 0 Å². The number of hydrogen-bond acceptors (Lipinski definition) is 18. The average Bonchev–Trinajstić information content (AvgIpc) is 2.67. The Bertz CT molecular complexity index is 936. The van der Waals surface area contributed by atoms with Crippen molar-refractivity contribution in [3.63, 3.8) is 0 Å². The molecule has 0 fully saturated rings. The Labute approximate surface area is 175 Å². The van der Waals surface area contributed by atoms with E-state index in [9.17, 15) is 60.7 Å². The predicted octanol–water partition coefficient (Wildman–Crippen LogP) is -1.39. The Kier molecular flexibility index (Phi) is 7.24. The van der Waals surface area contributed by atoms with Crippen molar-refractivity contribution in [1.29, 1.82) is 0 Å². The first-order valence-electron chi connectivity index (χ1n) is 7.41. The van der Waals surface area contributed by atoms with Gasteiger partial charge in [-0.05, 0) is 10.6 Å². The van der Waals surface area contributed by atoms with Crippen molar-refractivity contribution < 1.29 is 29.5 Å². The van der Waals surface area contributed by atoms with Gasteiger partial charge in [-0.2, -0.15) is 15.0 Å². The van der Waals surface area contributed by atoms with Crippen LogP contribution in [0.15, 0.2) is 5.11 Å². The number of rotatable bonds is 13. The minimum Gasteiger partial charge on any atom is -0.333 e. The summed E-state index contributed by atoms with van der Waals surface area (Å²) in [4.78, 5) is 66.6. The molecule has 0 radical (unpaired) electrons. The zero-order chi connectivity index (χ0) is 25.6. The number of hydrogen-bond donors (Lipinski definition) is 2. The molecule has 176 valence electrons. The molecule has 1 aromatic heterocycles. The van der Waals surface area contributed by atoms with Gasteiger partial charge in [0.1, 0.15) is 0 Å². The van der Waals surface area contributed by atoms with Gasteiger partial charge in [0.25, 0.3) is 0 Å². The van der Waals surface area contributed by atoms with E-state index in [1.807, 2.05) is 0 Å². The lowest BCUT2D eigenvalue weighted by Crippen LogP contribution is -2.58. The highest BCUT2D eigenvalue weighted by Crippen LogP contribution is 2.18. The van der Waals surface area contributed by atoms with Gasteiger partial charge in [-0.1, -0.05) is 0 Å². The third-order valence-corrected chi connectivity index (χ3v) is 3.48. The molecule has 0 aliphatic heterocycles. The second kappa shape index (κ2) is 9.42. The smallest absolute Gasteiger partial charge is 0.333 e. The highest BCUT2D eigenvalue weighted by atomic mass is 16.7. The van der Waals surface area contributed by atoms with E-state index in [-0.39, 0.29) is 0 Å². The van der Waals surface area contributed by atoms with Gasteiger partial charge in [0.2, 0.25) is 30.9 Å². The second-order valence-corrected chi connectivity index (χ2v) is 5.27.